The predicted molar refractivity (Wildman–Crippen MR) is 81.1 cm³/mol. The van der Waals surface area contributed by atoms with E-state index in [0.717, 1.165) is 16.8 Å². The molecule has 0 amide bonds. The average molecular weight is 364 g/mol. The van der Waals surface area contributed by atoms with Crippen LogP contribution in [0, 0.1) is 0 Å². The number of halogens is 3. The summed E-state index contributed by atoms with van der Waals surface area (Å²) < 4.78 is 76.6. The standard InChI is InChI=1S/C16H13F3O4S.Li/c17-16(18,19)10-23-15(24(20,21)22)6-5-13-7-11-3-1-2-4-12(11)8-14(13)9-15;/h1-8H,9-10H2,(H,20,21,22);/q;+1/p-1. The summed E-state index contributed by atoms with van der Waals surface area (Å²) in [5, 5.41) is 1.69. The molecule has 0 saturated carbocycles. The smallest absolute Gasteiger partial charge is 0.745 e. The molecule has 0 fully saturated rings. The number of alkyl halides is 3. The maximum Gasteiger partial charge on any atom is 1.00 e. The molecule has 9 heteroatoms. The molecule has 0 aromatic heterocycles. The topological polar surface area (TPSA) is 66.4 Å². The van der Waals surface area contributed by atoms with Gasteiger partial charge in [0.15, 0.2) is 4.93 Å². The normalized spacial score (nSPS) is 20.2. The van der Waals surface area contributed by atoms with Crippen LogP contribution in [0.4, 0.5) is 13.2 Å². The molecule has 1 aliphatic rings. The van der Waals surface area contributed by atoms with Crippen LogP contribution in [-0.4, -0.2) is 30.7 Å². The summed E-state index contributed by atoms with van der Waals surface area (Å²) in [7, 11) is -5.16. The molecule has 3 rings (SSSR count). The number of rotatable bonds is 3. The molecule has 0 aliphatic heterocycles. The first-order valence-electron chi connectivity index (χ1n) is 6.97. The van der Waals surface area contributed by atoms with E-state index in [0.29, 0.717) is 11.1 Å². The molecule has 0 saturated heterocycles. The van der Waals surface area contributed by atoms with Gasteiger partial charge in [-0.25, -0.2) is 8.42 Å². The maximum absolute atomic E-state index is 12.4. The van der Waals surface area contributed by atoms with E-state index in [1.54, 1.807) is 24.3 Å². The van der Waals surface area contributed by atoms with Crippen LogP contribution >= 0.6 is 0 Å². The molecule has 0 radical (unpaired) electrons. The van der Waals surface area contributed by atoms with Crippen LogP contribution in [0.1, 0.15) is 11.1 Å². The SMILES string of the molecule is O=S(=O)([O-])C1(OCC(F)(F)F)C=Cc2cc3ccccc3cc2C1.[Li+]. The summed E-state index contributed by atoms with van der Waals surface area (Å²) in [6, 6.07) is 10.7. The van der Waals surface area contributed by atoms with Gasteiger partial charge in [-0.3, -0.25) is 0 Å². The van der Waals surface area contributed by atoms with Crippen LogP contribution in [0.25, 0.3) is 16.8 Å². The fraction of sp³-hybridized carbons (Fsp3) is 0.250. The van der Waals surface area contributed by atoms with Gasteiger partial charge in [0.2, 0.25) is 0 Å². The third kappa shape index (κ3) is 4.10. The first-order valence-corrected chi connectivity index (χ1v) is 8.38. The molecule has 1 unspecified atom stereocenters. The van der Waals surface area contributed by atoms with E-state index in [1.807, 2.05) is 12.1 Å². The predicted octanol–water partition coefficient (Wildman–Crippen LogP) is 0.233. The van der Waals surface area contributed by atoms with Gasteiger partial charge in [0.1, 0.15) is 16.7 Å². The molecule has 0 bridgehead atoms. The van der Waals surface area contributed by atoms with E-state index in [4.69, 9.17) is 0 Å². The molecule has 1 aliphatic carbocycles. The van der Waals surface area contributed by atoms with Gasteiger partial charge in [0, 0.05) is 6.42 Å². The molecule has 2 aromatic carbocycles. The Morgan fingerprint density at radius 1 is 1.16 bits per heavy atom. The van der Waals surface area contributed by atoms with Crippen LogP contribution in [0.15, 0.2) is 42.5 Å². The quantitative estimate of drug-likeness (QED) is 0.578. The molecular formula is C16H12F3LiO4S. The number of ether oxygens (including phenoxy) is 1. The van der Waals surface area contributed by atoms with E-state index >= 15 is 0 Å². The van der Waals surface area contributed by atoms with E-state index < -0.39 is 34.3 Å². The van der Waals surface area contributed by atoms with Crippen LogP contribution in [0.3, 0.4) is 0 Å². The van der Waals surface area contributed by atoms with E-state index in [9.17, 15) is 26.1 Å². The Kier molecular flexibility index (Phi) is 5.43. The molecule has 0 N–H and O–H groups in total. The van der Waals surface area contributed by atoms with Gasteiger partial charge in [-0.05, 0) is 34.0 Å². The average Bonchev–Trinajstić information content (AvgIpc) is 2.49. The second-order valence-corrected chi connectivity index (χ2v) is 7.18. The second-order valence-electron chi connectivity index (χ2n) is 5.58. The van der Waals surface area contributed by atoms with Gasteiger partial charge in [0.25, 0.3) is 0 Å². The van der Waals surface area contributed by atoms with Crippen molar-refractivity contribution in [1.82, 2.24) is 0 Å². The third-order valence-corrected chi connectivity index (χ3v) is 5.11. The zero-order valence-electron chi connectivity index (χ0n) is 13.2. The molecule has 4 nitrogen and oxygen atoms in total. The summed E-state index contributed by atoms with van der Waals surface area (Å²) in [5.41, 5.74) is 1.08. The van der Waals surface area contributed by atoms with Crippen molar-refractivity contribution >= 4 is 27.0 Å². The first-order chi connectivity index (χ1) is 11.1. The van der Waals surface area contributed by atoms with E-state index in [2.05, 4.69) is 4.74 Å². The fourth-order valence-corrected chi connectivity index (χ4v) is 3.47. The van der Waals surface area contributed by atoms with Gasteiger partial charge in [0.05, 0.1) is 0 Å². The molecule has 1 atom stereocenters. The van der Waals surface area contributed by atoms with Crippen molar-refractivity contribution in [2.45, 2.75) is 17.5 Å². The fourth-order valence-electron chi connectivity index (χ4n) is 2.70. The molecule has 128 valence electrons. The van der Waals surface area contributed by atoms with Crippen LogP contribution in [0.2, 0.25) is 0 Å². The Balaban J connectivity index is 0.00000225. The van der Waals surface area contributed by atoms with Crippen LogP contribution in [-0.2, 0) is 21.3 Å². The van der Waals surface area contributed by atoms with Crippen molar-refractivity contribution in [3.05, 3.63) is 53.6 Å². The van der Waals surface area contributed by atoms with Gasteiger partial charge < -0.3 is 9.29 Å². The summed E-state index contributed by atoms with van der Waals surface area (Å²) in [6.45, 7) is -1.82. The summed E-state index contributed by atoms with van der Waals surface area (Å²) in [4.78, 5) is -2.56. The van der Waals surface area contributed by atoms with Crippen molar-refractivity contribution in [1.29, 1.82) is 0 Å². The Morgan fingerprint density at radius 2 is 1.76 bits per heavy atom. The van der Waals surface area contributed by atoms with Crippen molar-refractivity contribution in [3.63, 3.8) is 0 Å². The van der Waals surface area contributed by atoms with Crippen molar-refractivity contribution in [2.75, 3.05) is 6.61 Å². The minimum Gasteiger partial charge on any atom is -0.745 e. The summed E-state index contributed by atoms with van der Waals surface area (Å²) in [6.07, 6.45) is -2.99. The number of hydrogen-bond acceptors (Lipinski definition) is 4. The van der Waals surface area contributed by atoms with Gasteiger partial charge in [-0.15, -0.1) is 0 Å². The van der Waals surface area contributed by atoms with Gasteiger partial charge in [-0.2, -0.15) is 13.2 Å². The summed E-state index contributed by atoms with van der Waals surface area (Å²) in [5.74, 6) is 0. The minimum atomic E-state index is -5.16. The first kappa shape index (κ1) is 20.0. The molecule has 0 heterocycles. The molecular weight excluding hydrogens is 352 g/mol. The van der Waals surface area contributed by atoms with Crippen molar-refractivity contribution in [2.24, 2.45) is 0 Å². The zero-order valence-corrected chi connectivity index (χ0v) is 14.0. The monoisotopic (exact) mass is 364 g/mol. The Bertz CT molecular complexity index is 925. The largest absolute Gasteiger partial charge is 1.00 e. The Labute approximate surface area is 154 Å². The van der Waals surface area contributed by atoms with Crippen LogP contribution in [0.5, 0.6) is 0 Å². The Morgan fingerprint density at radius 3 is 2.32 bits per heavy atom. The van der Waals surface area contributed by atoms with E-state index in [-0.39, 0.29) is 18.9 Å². The Hall–Kier alpha value is -1.30. The van der Waals surface area contributed by atoms with Gasteiger partial charge in [-0.1, -0.05) is 36.4 Å². The van der Waals surface area contributed by atoms with Crippen molar-refractivity contribution < 1.29 is 49.7 Å². The second kappa shape index (κ2) is 6.78. The number of benzene rings is 2. The summed E-state index contributed by atoms with van der Waals surface area (Å²) >= 11 is 0. The van der Waals surface area contributed by atoms with E-state index in [1.165, 1.54) is 6.08 Å². The molecule has 0 spiro atoms. The number of fused-ring (bicyclic) bond motifs is 2. The minimum absolute atomic E-state index is 0. The van der Waals surface area contributed by atoms with Crippen molar-refractivity contribution in [3.8, 4) is 0 Å². The molecule has 25 heavy (non-hydrogen) atoms. The van der Waals surface area contributed by atoms with Gasteiger partial charge >= 0.3 is 25.0 Å². The maximum atomic E-state index is 12.4. The van der Waals surface area contributed by atoms with Crippen LogP contribution < -0.4 is 18.9 Å². The molecule has 2 aromatic rings. The number of hydrogen-bond donors (Lipinski definition) is 0. The third-order valence-electron chi connectivity index (χ3n) is 3.86. The zero-order chi connectivity index (χ0) is 17.6.